The number of carbonyl (C=O) groups is 1. The highest BCUT2D eigenvalue weighted by atomic mass is 16.1. The first kappa shape index (κ1) is 10.2. The molecule has 1 aromatic rings. The van der Waals surface area contributed by atoms with E-state index in [0.717, 1.165) is 17.5 Å². The first-order valence-corrected chi connectivity index (χ1v) is 5.41. The molecule has 0 saturated heterocycles. The maximum atomic E-state index is 11.9. The largest absolute Gasteiger partial charge is 0.349 e. The summed E-state index contributed by atoms with van der Waals surface area (Å²) in [5, 5.41) is 2.99. The number of hydrogen-bond donors (Lipinski definition) is 1. The highest BCUT2D eigenvalue weighted by molar-refractivity contribution is 5.99. The highest BCUT2D eigenvalue weighted by Crippen LogP contribution is 2.26. The predicted octanol–water partition coefficient (Wildman–Crippen LogP) is 2.29. The van der Waals surface area contributed by atoms with Crippen LogP contribution in [0.15, 0.2) is 6.07 Å². The zero-order valence-corrected chi connectivity index (χ0v) is 9.77. The van der Waals surface area contributed by atoms with Gasteiger partial charge in [0.2, 0.25) is 0 Å². The molecule has 0 aromatic heterocycles. The second-order valence-electron chi connectivity index (χ2n) is 4.57. The van der Waals surface area contributed by atoms with E-state index >= 15 is 0 Å². The summed E-state index contributed by atoms with van der Waals surface area (Å²) in [4.78, 5) is 11.9. The van der Waals surface area contributed by atoms with Crippen molar-refractivity contribution in [3.63, 3.8) is 0 Å². The van der Waals surface area contributed by atoms with Crippen LogP contribution in [0.3, 0.4) is 0 Å². The molecule has 1 aliphatic rings. The lowest BCUT2D eigenvalue weighted by molar-refractivity contribution is 0.0928. The fourth-order valence-electron chi connectivity index (χ4n) is 2.36. The number of hydrogen-bond acceptors (Lipinski definition) is 1. The van der Waals surface area contributed by atoms with Crippen LogP contribution < -0.4 is 5.32 Å². The topological polar surface area (TPSA) is 29.1 Å². The minimum atomic E-state index is 0.0908. The van der Waals surface area contributed by atoms with Gasteiger partial charge in [-0.15, -0.1) is 0 Å². The van der Waals surface area contributed by atoms with Gasteiger partial charge < -0.3 is 5.32 Å². The third kappa shape index (κ3) is 1.54. The summed E-state index contributed by atoms with van der Waals surface area (Å²) in [6.45, 7) is 8.24. The van der Waals surface area contributed by atoms with Crippen molar-refractivity contribution in [3.8, 4) is 0 Å². The van der Waals surface area contributed by atoms with Gasteiger partial charge in [-0.3, -0.25) is 4.79 Å². The molecule has 0 aliphatic carbocycles. The Kier molecular flexibility index (Phi) is 2.29. The summed E-state index contributed by atoms with van der Waals surface area (Å²) in [5.41, 5.74) is 5.71. The predicted molar refractivity (Wildman–Crippen MR) is 61.3 cm³/mol. The van der Waals surface area contributed by atoms with Crippen LogP contribution in [0.5, 0.6) is 0 Å². The molecule has 2 nitrogen and oxygen atoms in total. The van der Waals surface area contributed by atoms with Crippen LogP contribution in [0.2, 0.25) is 0 Å². The Morgan fingerprint density at radius 3 is 2.60 bits per heavy atom. The molecule has 1 N–H and O–H groups in total. The molecule has 1 heterocycles. The van der Waals surface area contributed by atoms with Crippen LogP contribution in [0.1, 0.15) is 39.5 Å². The smallest absolute Gasteiger partial charge is 0.252 e. The summed E-state index contributed by atoms with van der Waals surface area (Å²) in [5.74, 6) is 0.0908. The minimum Gasteiger partial charge on any atom is -0.349 e. The normalized spacial score (nSPS) is 19.7. The van der Waals surface area contributed by atoms with Gasteiger partial charge in [0.1, 0.15) is 0 Å². The van der Waals surface area contributed by atoms with Gasteiger partial charge in [0.15, 0.2) is 0 Å². The lowest BCUT2D eigenvalue weighted by atomic mass is 9.87. The summed E-state index contributed by atoms with van der Waals surface area (Å²) in [6, 6.07) is 2.44. The highest BCUT2D eigenvalue weighted by Gasteiger charge is 2.25. The molecule has 1 atom stereocenters. The van der Waals surface area contributed by atoms with E-state index in [-0.39, 0.29) is 11.9 Å². The van der Waals surface area contributed by atoms with E-state index in [1.165, 1.54) is 16.7 Å². The molecule has 0 spiro atoms. The van der Waals surface area contributed by atoms with Crippen molar-refractivity contribution >= 4 is 5.91 Å². The number of rotatable bonds is 0. The Morgan fingerprint density at radius 1 is 1.27 bits per heavy atom. The number of amides is 1. The Bertz CT molecular complexity index is 435. The molecule has 1 aliphatic heterocycles. The molecule has 0 saturated carbocycles. The lowest BCUT2D eigenvalue weighted by Gasteiger charge is -2.26. The molecule has 0 bridgehead atoms. The number of nitrogens with one attached hydrogen (secondary N) is 1. The monoisotopic (exact) mass is 203 g/mol. The summed E-state index contributed by atoms with van der Waals surface area (Å²) >= 11 is 0. The summed E-state index contributed by atoms with van der Waals surface area (Å²) in [6.07, 6.45) is 0.952. The maximum Gasteiger partial charge on any atom is 0.252 e. The Labute approximate surface area is 90.7 Å². The Hall–Kier alpha value is -1.31. The van der Waals surface area contributed by atoms with E-state index in [4.69, 9.17) is 0 Å². The van der Waals surface area contributed by atoms with Crippen molar-refractivity contribution in [2.24, 2.45) is 0 Å². The van der Waals surface area contributed by atoms with E-state index < -0.39 is 0 Å². The molecule has 80 valence electrons. The zero-order valence-electron chi connectivity index (χ0n) is 9.77. The standard InChI is InChI=1S/C13H17NO/c1-7-5-8(2)11-6-9(3)14-13(15)12(11)10(7)4/h5,9H,6H2,1-4H3,(H,14,15). The van der Waals surface area contributed by atoms with E-state index in [9.17, 15) is 4.79 Å². The number of aryl methyl sites for hydroxylation is 2. The van der Waals surface area contributed by atoms with Crippen molar-refractivity contribution in [1.82, 2.24) is 5.32 Å². The van der Waals surface area contributed by atoms with Gasteiger partial charge in [-0.05, 0) is 56.4 Å². The van der Waals surface area contributed by atoms with Gasteiger partial charge in [0.05, 0.1) is 0 Å². The maximum absolute atomic E-state index is 11.9. The van der Waals surface area contributed by atoms with Crippen LogP contribution in [-0.4, -0.2) is 11.9 Å². The van der Waals surface area contributed by atoms with Crippen molar-refractivity contribution in [2.75, 3.05) is 0 Å². The molecule has 2 heteroatoms. The number of fused-ring (bicyclic) bond motifs is 1. The molecular formula is C13H17NO. The van der Waals surface area contributed by atoms with Crippen molar-refractivity contribution in [3.05, 3.63) is 33.9 Å². The van der Waals surface area contributed by atoms with Crippen molar-refractivity contribution < 1.29 is 4.79 Å². The van der Waals surface area contributed by atoms with Crippen LogP contribution in [-0.2, 0) is 6.42 Å². The van der Waals surface area contributed by atoms with Gasteiger partial charge in [0.25, 0.3) is 5.91 Å². The van der Waals surface area contributed by atoms with Crippen molar-refractivity contribution in [2.45, 2.75) is 40.2 Å². The van der Waals surface area contributed by atoms with Gasteiger partial charge in [-0.1, -0.05) is 6.07 Å². The molecule has 15 heavy (non-hydrogen) atoms. The molecule has 1 amide bonds. The van der Waals surface area contributed by atoms with E-state index in [0.29, 0.717) is 0 Å². The van der Waals surface area contributed by atoms with E-state index in [1.807, 2.05) is 6.92 Å². The fraction of sp³-hybridized carbons (Fsp3) is 0.462. The van der Waals surface area contributed by atoms with Crippen LogP contribution in [0.25, 0.3) is 0 Å². The third-order valence-electron chi connectivity index (χ3n) is 3.29. The first-order valence-electron chi connectivity index (χ1n) is 5.41. The number of carbonyl (C=O) groups excluding carboxylic acids is 1. The molecule has 2 rings (SSSR count). The van der Waals surface area contributed by atoms with E-state index in [1.54, 1.807) is 0 Å². The minimum absolute atomic E-state index is 0.0908. The van der Waals surface area contributed by atoms with E-state index in [2.05, 4.69) is 32.2 Å². The van der Waals surface area contributed by atoms with Crippen LogP contribution in [0, 0.1) is 20.8 Å². The third-order valence-corrected chi connectivity index (χ3v) is 3.29. The van der Waals surface area contributed by atoms with Gasteiger partial charge in [-0.2, -0.15) is 0 Å². The second kappa shape index (κ2) is 3.37. The van der Waals surface area contributed by atoms with Crippen molar-refractivity contribution in [1.29, 1.82) is 0 Å². The SMILES string of the molecule is Cc1cc(C)c2c(c1C)C(=O)NC(C)C2. The number of benzene rings is 1. The average molecular weight is 203 g/mol. The molecule has 0 fully saturated rings. The van der Waals surface area contributed by atoms with Gasteiger partial charge >= 0.3 is 0 Å². The second-order valence-corrected chi connectivity index (χ2v) is 4.57. The quantitative estimate of drug-likeness (QED) is 0.688. The first-order chi connectivity index (χ1) is 7.00. The fourth-order valence-corrected chi connectivity index (χ4v) is 2.36. The molecular weight excluding hydrogens is 186 g/mol. The Balaban J connectivity index is 2.69. The van der Waals surface area contributed by atoms with Crippen LogP contribution >= 0.6 is 0 Å². The van der Waals surface area contributed by atoms with Gasteiger partial charge in [0, 0.05) is 11.6 Å². The molecule has 0 radical (unpaired) electrons. The van der Waals surface area contributed by atoms with Gasteiger partial charge in [-0.25, -0.2) is 0 Å². The zero-order chi connectivity index (χ0) is 11.2. The lowest BCUT2D eigenvalue weighted by Crippen LogP contribution is -2.40. The average Bonchev–Trinajstić information content (AvgIpc) is 2.13. The Morgan fingerprint density at radius 2 is 1.93 bits per heavy atom. The summed E-state index contributed by atoms with van der Waals surface area (Å²) < 4.78 is 0. The van der Waals surface area contributed by atoms with Crippen LogP contribution in [0.4, 0.5) is 0 Å². The molecule has 1 unspecified atom stereocenters. The summed E-state index contributed by atoms with van der Waals surface area (Å²) in [7, 11) is 0. The molecule has 1 aromatic carbocycles.